The molecular formula is C22H30ClN3O3S. The van der Waals surface area contributed by atoms with Crippen molar-refractivity contribution in [3.8, 4) is 0 Å². The van der Waals surface area contributed by atoms with E-state index in [2.05, 4.69) is 24.1 Å². The molecule has 0 aliphatic rings. The first-order chi connectivity index (χ1) is 14.1. The Morgan fingerprint density at radius 2 is 1.70 bits per heavy atom. The summed E-state index contributed by atoms with van der Waals surface area (Å²) in [5, 5.41) is 3.25. The third-order valence-electron chi connectivity index (χ3n) is 5.03. The van der Waals surface area contributed by atoms with Gasteiger partial charge in [-0.3, -0.25) is 9.10 Å². The molecule has 164 valence electrons. The van der Waals surface area contributed by atoms with Crippen LogP contribution in [0.4, 0.5) is 11.4 Å². The third kappa shape index (κ3) is 5.89. The highest BCUT2D eigenvalue weighted by Gasteiger charge is 2.30. The molecule has 1 atom stereocenters. The monoisotopic (exact) mass is 451 g/mol. The van der Waals surface area contributed by atoms with E-state index in [0.717, 1.165) is 40.5 Å². The SMILES string of the molecule is CCN(CC)c1ccc(CNC(=O)[C@@H](C)N(c2cc(Cl)ccc2C)S(C)(=O)=O)cc1. The fourth-order valence-electron chi connectivity index (χ4n) is 3.35. The molecule has 0 aromatic heterocycles. The average molecular weight is 452 g/mol. The van der Waals surface area contributed by atoms with Crippen LogP contribution >= 0.6 is 11.6 Å². The Bertz CT molecular complexity index is 974. The molecule has 0 aliphatic heterocycles. The van der Waals surface area contributed by atoms with Crippen molar-refractivity contribution in [1.29, 1.82) is 0 Å². The Morgan fingerprint density at radius 3 is 2.23 bits per heavy atom. The minimum atomic E-state index is -3.70. The van der Waals surface area contributed by atoms with E-state index in [0.29, 0.717) is 17.3 Å². The molecule has 2 aromatic rings. The quantitative estimate of drug-likeness (QED) is 0.626. The highest BCUT2D eigenvalue weighted by atomic mass is 35.5. The predicted octanol–water partition coefficient (Wildman–Crippen LogP) is 3.97. The Kier molecular flexibility index (Phi) is 8.15. The van der Waals surface area contributed by atoms with E-state index in [4.69, 9.17) is 11.6 Å². The number of benzene rings is 2. The molecule has 1 N–H and O–H groups in total. The molecule has 0 fully saturated rings. The lowest BCUT2D eigenvalue weighted by Gasteiger charge is -2.29. The zero-order valence-electron chi connectivity index (χ0n) is 18.1. The summed E-state index contributed by atoms with van der Waals surface area (Å²) in [7, 11) is -3.70. The molecule has 6 nitrogen and oxygen atoms in total. The van der Waals surface area contributed by atoms with Gasteiger partial charge < -0.3 is 10.2 Å². The van der Waals surface area contributed by atoms with Gasteiger partial charge in [-0.2, -0.15) is 0 Å². The molecule has 2 rings (SSSR count). The molecule has 30 heavy (non-hydrogen) atoms. The summed E-state index contributed by atoms with van der Waals surface area (Å²) >= 11 is 6.07. The maximum atomic E-state index is 12.8. The zero-order valence-corrected chi connectivity index (χ0v) is 19.7. The van der Waals surface area contributed by atoms with Crippen LogP contribution in [0.5, 0.6) is 0 Å². The van der Waals surface area contributed by atoms with E-state index in [1.54, 1.807) is 32.0 Å². The molecule has 0 spiro atoms. The van der Waals surface area contributed by atoms with Gasteiger partial charge in [-0.1, -0.05) is 29.8 Å². The molecule has 0 radical (unpaired) electrons. The van der Waals surface area contributed by atoms with Crippen LogP contribution in [-0.2, 0) is 21.4 Å². The molecule has 0 aliphatic carbocycles. The van der Waals surface area contributed by atoms with Crippen molar-refractivity contribution in [3.05, 3.63) is 58.6 Å². The Balaban J connectivity index is 2.15. The van der Waals surface area contributed by atoms with Crippen LogP contribution in [0.25, 0.3) is 0 Å². The van der Waals surface area contributed by atoms with Gasteiger partial charge in [0.2, 0.25) is 15.9 Å². The van der Waals surface area contributed by atoms with Crippen molar-refractivity contribution >= 4 is 38.9 Å². The second kappa shape index (κ2) is 10.2. The van der Waals surface area contributed by atoms with Gasteiger partial charge in [-0.15, -0.1) is 0 Å². The number of halogens is 1. The predicted molar refractivity (Wildman–Crippen MR) is 125 cm³/mol. The van der Waals surface area contributed by atoms with Crippen molar-refractivity contribution in [2.45, 2.75) is 40.3 Å². The Labute approximate surface area is 184 Å². The number of sulfonamides is 1. The number of nitrogens with one attached hydrogen (secondary N) is 1. The summed E-state index contributed by atoms with van der Waals surface area (Å²) in [6.45, 7) is 9.73. The van der Waals surface area contributed by atoms with E-state index in [9.17, 15) is 13.2 Å². The lowest BCUT2D eigenvalue weighted by atomic mass is 10.1. The second-order valence-electron chi connectivity index (χ2n) is 7.22. The fourth-order valence-corrected chi connectivity index (χ4v) is 4.74. The molecule has 8 heteroatoms. The lowest BCUT2D eigenvalue weighted by Crippen LogP contribution is -2.48. The number of nitrogens with zero attached hydrogens (tertiary/aromatic N) is 2. The first-order valence-corrected chi connectivity index (χ1v) is 12.2. The van der Waals surface area contributed by atoms with E-state index < -0.39 is 16.1 Å². The van der Waals surface area contributed by atoms with Gasteiger partial charge >= 0.3 is 0 Å². The van der Waals surface area contributed by atoms with Crippen LogP contribution in [0.3, 0.4) is 0 Å². The minimum Gasteiger partial charge on any atom is -0.372 e. The number of aryl methyl sites for hydroxylation is 1. The standard InChI is InChI=1S/C22H30ClN3O3S/c1-6-25(7-2)20-12-9-18(10-13-20)15-24-22(27)17(4)26(30(5,28)29)21-14-19(23)11-8-16(21)3/h8-14,17H,6-7,15H2,1-5H3,(H,24,27)/t17-/m1/s1. The topological polar surface area (TPSA) is 69.7 Å². The number of amides is 1. The number of hydrogen-bond acceptors (Lipinski definition) is 4. The summed E-state index contributed by atoms with van der Waals surface area (Å²) in [5.74, 6) is -0.382. The van der Waals surface area contributed by atoms with Crippen LogP contribution in [0.2, 0.25) is 5.02 Å². The number of anilines is 2. The molecular weight excluding hydrogens is 422 g/mol. The maximum Gasteiger partial charge on any atom is 0.243 e. The van der Waals surface area contributed by atoms with Gasteiger partial charge in [0, 0.05) is 30.3 Å². The number of hydrogen-bond donors (Lipinski definition) is 1. The zero-order chi connectivity index (χ0) is 22.5. The van der Waals surface area contributed by atoms with Gasteiger partial charge in [-0.05, 0) is 63.1 Å². The highest BCUT2D eigenvalue weighted by molar-refractivity contribution is 7.92. The van der Waals surface area contributed by atoms with Crippen molar-refractivity contribution in [2.75, 3.05) is 28.6 Å². The van der Waals surface area contributed by atoms with Crippen LogP contribution in [0, 0.1) is 6.92 Å². The molecule has 0 bridgehead atoms. The summed E-state index contributed by atoms with van der Waals surface area (Å²) in [6, 6.07) is 12.0. The first kappa shape index (κ1) is 24.0. The van der Waals surface area contributed by atoms with Gasteiger partial charge in [0.1, 0.15) is 6.04 Å². The second-order valence-corrected chi connectivity index (χ2v) is 9.52. The largest absolute Gasteiger partial charge is 0.372 e. The van der Waals surface area contributed by atoms with Gasteiger partial charge in [0.05, 0.1) is 11.9 Å². The van der Waals surface area contributed by atoms with Gasteiger partial charge in [0.15, 0.2) is 0 Å². The molecule has 0 heterocycles. The van der Waals surface area contributed by atoms with Crippen molar-refractivity contribution in [2.24, 2.45) is 0 Å². The molecule has 0 unspecified atom stereocenters. The highest BCUT2D eigenvalue weighted by Crippen LogP contribution is 2.28. The number of carbonyl (C=O) groups is 1. The summed E-state index contributed by atoms with van der Waals surface area (Å²) in [5.41, 5.74) is 3.19. The van der Waals surface area contributed by atoms with Crippen LogP contribution in [-0.4, -0.2) is 39.7 Å². The van der Waals surface area contributed by atoms with E-state index in [1.165, 1.54) is 0 Å². The van der Waals surface area contributed by atoms with Crippen molar-refractivity contribution in [1.82, 2.24) is 5.32 Å². The Hall–Kier alpha value is -2.25. The van der Waals surface area contributed by atoms with Gasteiger partial charge in [-0.25, -0.2) is 8.42 Å². The summed E-state index contributed by atoms with van der Waals surface area (Å²) < 4.78 is 26.1. The molecule has 2 aromatic carbocycles. The Morgan fingerprint density at radius 1 is 1.10 bits per heavy atom. The fraction of sp³-hybridized carbons (Fsp3) is 0.409. The minimum absolute atomic E-state index is 0.313. The van der Waals surface area contributed by atoms with Crippen LogP contribution in [0.15, 0.2) is 42.5 Å². The molecule has 0 saturated carbocycles. The third-order valence-corrected chi connectivity index (χ3v) is 6.49. The van der Waals surface area contributed by atoms with Gasteiger partial charge in [0.25, 0.3) is 0 Å². The van der Waals surface area contributed by atoms with E-state index >= 15 is 0 Å². The van der Waals surface area contributed by atoms with Crippen LogP contribution < -0.4 is 14.5 Å². The molecule has 1 amide bonds. The van der Waals surface area contributed by atoms with E-state index in [-0.39, 0.29) is 5.91 Å². The smallest absolute Gasteiger partial charge is 0.243 e. The number of rotatable bonds is 9. The summed E-state index contributed by atoms with van der Waals surface area (Å²) in [6.07, 6.45) is 1.09. The normalized spacial score (nSPS) is 12.3. The maximum absolute atomic E-state index is 12.8. The van der Waals surface area contributed by atoms with Crippen molar-refractivity contribution in [3.63, 3.8) is 0 Å². The van der Waals surface area contributed by atoms with Crippen LogP contribution in [0.1, 0.15) is 31.9 Å². The lowest BCUT2D eigenvalue weighted by molar-refractivity contribution is -0.122. The first-order valence-electron chi connectivity index (χ1n) is 9.95. The summed E-state index contributed by atoms with van der Waals surface area (Å²) in [4.78, 5) is 15.0. The number of carbonyl (C=O) groups excluding carboxylic acids is 1. The molecule has 0 saturated heterocycles. The van der Waals surface area contributed by atoms with E-state index in [1.807, 2.05) is 24.3 Å². The van der Waals surface area contributed by atoms with Crippen molar-refractivity contribution < 1.29 is 13.2 Å². The average Bonchev–Trinajstić information content (AvgIpc) is 2.69.